The van der Waals surface area contributed by atoms with Crippen molar-refractivity contribution in [2.24, 2.45) is 17.8 Å². The van der Waals surface area contributed by atoms with Crippen molar-refractivity contribution in [3.63, 3.8) is 0 Å². The number of thiol groups is 1. The molecule has 0 radical (unpaired) electrons. The van der Waals surface area contributed by atoms with Crippen molar-refractivity contribution in [2.45, 2.75) is 63.5 Å². The van der Waals surface area contributed by atoms with Crippen LogP contribution in [0.4, 0.5) is 0 Å². The third kappa shape index (κ3) is 3.74. The molecule has 0 aliphatic heterocycles. The van der Waals surface area contributed by atoms with Gasteiger partial charge < -0.3 is 0 Å². The molecule has 2 fully saturated rings. The second kappa shape index (κ2) is 6.01. The number of hydrogen-bond acceptors (Lipinski definition) is 1. The van der Waals surface area contributed by atoms with Gasteiger partial charge in [0.1, 0.15) is 0 Å². The van der Waals surface area contributed by atoms with Crippen molar-refractivity contribution in [3.8, 4) is 11.8 Å². The van der Waals surface area contributed by atoms with Crippen molar-refractivity contribution in [1.29, 1.82) is 0 Å². The van der Waals surface area contributed by atoms with Crippen LogP contribution in [0.2, 0.25) is 0 Å². The van der Waals surface area contributed by atoms with E-state index in [1.165, 1.54) is 51.4 Å². The highest BCUT2D eigenvalue weighted by Crippen LogP contribution is 2.29. The van der Waals surface area contributed by atoms with E-state index in [2.05, 4.69) is 31.4 Å². The standard InChI is InChI=1S/C15H24S/c1-12-2-4-13(5-3-12)6-7-14-8-10-15(16)11-9-14/h12-16H,2-5,8-11H2,1H3. The molecule has 0 spiro atoms. The van der Waals surface area contributed by atoms with Crippen molar-refractivity contribution in [3.05, 3.63) is 0 Å². The van der Waals surface area contributed by atoms with Gasteiger partial charge in [-0.25, -0.2) is 0 Å². The first-order chi connectivity index (χ1) is 7.74. The lowest BCUT2D eigenvalue weighted by atomic mass is 9.82. The molecule has 0 aromatic rings. The van der Waals surface area contributed by atoms with Gasteiger partial charge in [-0.1, -0.05) is 18.8 Å². The molecule has 0 atom stereocenters. The molecule has 2 saturated carbocycles. The van der Waals surface area contributed by atoms with Crippen LogP contribution in [0.1, 0.15) is 58.3 Å². The van der Waals surface area contributed by atoms with E-state index in [4.69, 9.17) is 0 Å². The van der Waals surface area contributed by atoms with E-state index in [-0.39, 0.29) is 0 Å². The largest absolute Gasteiger partial charge is 0.176 e. The Hall–Kier alpha value is -0.0900. The smallest absolute Gasteiger partial charge is 0.0203 e. The summed E-state index contributed by atoms with van der Waals surface area (Å²) in [6.45, 7) is 2.37. The molecular formula is C15H24S. The zero-order chi connectivity index (χ0) is 11.4. The second-order valence-electron chi connectivity index (χ2n) is 5.75. The van der Waals surface area contributed by atoms with Crippen LogP contribution >= 0.6 is 12.6 Å². The fourth-order valence-electron chi connectivity index (χ4n) is 2.86. The van der Waals surface area contributed by atoms with Crippen molar-refractivity contribution >= 4 is 12.6 Å². The maximum atomic E-state index is 4.53. The molecule has 0 unspecified atom stereocenters. The zero-order valence-corrected chi connectivity index (χ0v) is 11.3. The summed E-state index contributed by atoms with van der Waals surface area (Å²) in [5, 5.41) is 0.647. The van der Waals surface area contributed by atoms with Crippen LogP contribution < -0.4 is 0 Å². The van der Waals surface area contributed by atoms with Gasteiger partial charge in [-0.15, -0.1) is 0 Å². The Morgan fingerprint density at radius 1 is 0.750 bits per heavy atom. The third-order valence-electron chi connectivity index (χ3n) is 4.20. The van der Waals surface area contributed by atoms with Gasteiger partial charge in [0.25, 0.3) is 0 Å². The van der Waals surface area contributed by atoms with E-state index in [0.29, 0.717) is 17.1 Å². The van der Waals surface area contributed by atoms with Crippen LogP contribution in [0.15, 0.2) is 0 Å². The van der Waals surface area contributed by atoms with Gasteiger partial charge in [0.15, 0.2) is 0 Å². The van der Waals surface area contributed by atoms with E-state index in [9.17, 15) is 0 Å². The fraction of sp³-hybridized carbons (Fsp3) is 0.867. The average Bonchev–Trinajstić information content (AvgIpc) is 2.30. The minimum atomic E-state index is 0.647. The summed E-state index contributed by atoms with van der Waals surface area (Å²) in [5.74, 6) is 9.43. The van der Waals surface area contributed by atoms with E-state index in [1.807, 2.05) is 0 Å². The summed E-state index contributed by atoms with van der Waals surface area (Å²) in [4.78, 5) is 0. The van der Waals surface area contributed by atoms with E-state index >= 15 is 0 Å². The first kappa shape index (κ1) is 12.4. The number of hydrogen-bond donors (Lipinski definition) is 1. The maximum absolute atomic E-state index is 4.53. The second-order valence-corrected chi connectivity index (χ2v) is 6.48. The van der Waals surface area contributed by atoms with Gasteiger partial charge >= 0.3 is 0 Å². The Bertz CT molecular complexity index is 231. The summed E-state index contributed by atoms with van der Waals surface area (Å²) >= 11 is 4.53. The molecular weight excluding hydrogens is 212 g/mol. The Labute approximate surface area is 106 Å². The van der Waals surface area contributed by atoms with Gasteiger partial charge in [0.2, 0.25) is 0 Å². The van der Waals surface area contributed by atoms with E-state index < -0.39 is 0 Å². The summed E-state index contributed by atoms with van der Waals surface area (Å²) in [5.41, 5.74) is 0. The van der Waals surface area contributed by atoms with Gasteiger partial charge in [-0.2, -0.15) is 12.6 Å². The van der Waals surface area contributed by atoms with Crippen molar-refractivity contribution in [1.82, 2.24) is 0 Å². The van der Waals surface area contributed by atoms with Gasteiger partial charge in [0.05, 0.1) is 0 Å². The zero-order valence-electron chi connectivity index (χ0n) is 10.4. The lowest BCUT2D eigenvalue weighted by Gasteiger charge is -2.23. The molecule has 0 amide bonds. The van der Waals surface area contributed by atoms with E-state index in [1.54, 1.807) is 0 Å². The number of rotatable bonds is 0. The molecule has 16 heavy (non-hydrogen) atoms. The Morgan fingerprint density at radius 3 is 1.69 bits per heavy atom. The van der Waals surface area contributed by atoms with Crippen LogP contribution in [-0.2, 0) is 0 Å². The summed E-state index contributed by atoms with van der Waals surface area (Å²) in [7, 11) is 0. The Balaban J connectivity index is 1.76. The molecule has 2 aliphatic rings. The van der Waals surface area contributed by atoms with Crippen LogP contribution in [0.5, 0.6) is 0 Å². The molecule has 2 rings (SSSR count). The molecule has 0 heterocycles. The minimum Gasteiger partial charge on any atom is -0.176 e. The molecule has 0 bridgehead atoms. The summed E-state index contributed by atoms with van der Waals surface area (Å²) in [6.07, 6.45) is 10.6. The highest BCUT2D eigenvalue weighted by molar-refractivity contribution is 7.80. The van der Waals surface area contributed by atoms with Crippen molar-refractivity contribution in [2.75, 3.05) is 0 Å². The molecule has 0 saturated heterocycles. The van der Waals surface area contributed by atoms with Gasteiger partial charge in [-0.05, 0) is 57.3 Å². The Kier molecular flexibility index (Phi) is 4.65. The maximum Gasteiger partial charge on any atom is 0.0203 e. The fourth-order valence-corrected chi connectivity index (χ4v) is 3.16. The van der Waals surface area contributed by atoms with E-state index in [0.717, 1.165) is 5.92 Å². The molecule has 2 aliphatic carbocycles. The molecule has 0 aromatic carbocycles. The first-order valence-corrected chi connectivity index (χ1v) is 7.45. The first-order valence-electron chi connectivity index (χ1n) is 6.93. The lowest BCUT2D eigenvalue weighted by Crippen LogP contribution is -2.14. The normalized spacial score (nSPS) is 39.9. The van der Waals surface area contributed by atoms with Crippen LogP contribution in [0, 0.1) is 29.6 Å². The SMILES string of the molecule is CC1CCC(C#CC2CCC(S)CC2)CC1. The van der Waals surface area contributed by atoms with Gasteiger partial charge in [-0.3, -0.25) is 0 Å². The quantitative estimate of drug-likeness (QED) is 0.470. The predicted octanol–water partition coefficient (Wildman–Crippen LogP) is 4.30. The summed E-state index contributed by atoms with van der Waals surface area (Å²) in [6, 6.07) is 0. The monoisotopic (exact) mass is 236 g/mol. The lowest BCUT2D eigenvalue weighted by molar-refractivity contribution is 0.337. The van der Waals surface area contributed by atoms with Gasteiger partial charge in [0, 0.05) is 17.1 Å². The highest BCUT2D eigenvalue weighted by Gasteiger charge is 2.18. The topological polar surface area (TPSA) is 0 Å². The predicted molar refractivity (Wildman–Crippen MR) is 73.6 cm³/mol. The molecule has 0 aromatic heterocycles. The van der Waals surface area contributed by atoms with Crippen LogP contribution in [-0.4, -0.2) is 5.25 Å². The molecule has 1 heteroatoms. The average molecular weight is 236 g/mol. The third-order valence-corrected chi connectivity index (χ3v) is 4.72. The summed E-state index contributed by atoms with van der Waals surface area (Å²) < 4.78 is 0. The minimum absolute atomic E-state index is 0.647. The van der Waals surface area contributed by atoms with Crippen molar-refractivity contribution < 1.29 is 0 Å². The Morgan fingerprint density at radius 2 is 1.19 bits per heavy atom. The highest BCUT2D eigenvalue weighted by atomic mass is 32.1. The molecule has 0 N–H and O–H groups in total. The van der Waals surface area contributed by atoms with Crippen LogP contribution in [0.3, 0.4) is 0 Å². The van der Waals surface area contributed by atoms with Crippen LogP contribution in [0.25, 0.3) is 0 Å². The molecule has 0 nitrogen and oxygen atoms in total. The molecule has 90 valence electrons.